The summed E-state index contributed by atoms with van der Waals surface area (Å²) in [5.74, 6) is -0.113. The van der Waals surface area contributed by atoms with Crippen LogP contribution in [0, 0.1) is 5.82 Å². The van der Waals surface area contributed by atoms with Crippen LogP contribution in [0.4, 0.5) is 4.39 Å². The van der Waals surface area contributed by atoms with E-state index in [4.69, 9.17) is 14.2 Å². The van der Waals surface area contributed by atoms with Gasteiger partial charge in [0.25, 0.3) is 0 Å². The van der Waals surface area contributed by atoms with Crippen molar-refractivity contribution in [3.05, 3.63) is 29.6 Å². The molecule has 1 fully saturated rings. The summed E-state index contributed by atoms with van der Waals surface area (Å²) < 4.78 is 30.2. The third kappa shape index (κ3) is 2.63. The van der Waals surface area contributed by atoms with Crippen molar-refractivity contribution < 1.29 is 18.6 Å². The molecule has 0 spiro atoms. The van der Waals surface area contributed by atoms with E-state index in [9.17, 15) is 4.39 Å². The Morgan fingerprint density at radius 2 is 2.28 bits per heavy atom. The minimum Gasteiger partial charge on any atom is -0.494 e. The first-order valence-electron chi connectivity index (χ1n) is 5.97. The highest BCUT2D eigenvalue weighted by molar-refractivity contribution is 5.33. The third-order valence-corrected chi connectivity index (χ3v) is 3.07. The van der Waals surface area contributed by atoms with E-state index in [0.717, 1.165) is 0 Å². The van der Waals surface area contributed by atoms with E-state index in [0.29, 0.717) is 25.4 Å². The third-order valence-electron chi connectivity index (χ3n) is 3.07. The maximum Gasteiger partial charge on any atom is 0.169 e. The first-order chi connectivity index (χ1) is 8.77. The Labute approximate surface area is 106 Å². The van der Waals surface area contributed by atoms with Gasteiger partial charge in [-0.1, -0.05) is 12.1 Å². The summed E-state index contributed by atoms with van der Waals surface area (Å²) >= 11 is 0. The second-order valence-electron chi connectivity index (χ2n) is 4.11. The Morgan fingerprint density at radius 3 is 2.89 bits per heavy atom. The van der Waals surface area contributed by atoms with E-state index in [1.807, 2.05) is 0 Å². The average Bonchev–Trinajstić information content (AvgIpc) is 2.43. The summed E-state index contributed by atoms with van der Waals surface area (Å²) in [6.07, 6.45) is -0.189. The summed E-state index contributed by atoms with van der Waals surface area (Å²) in [5.41, 5.74) is 0.535. The molecule has 2 atom stereocenters. The van der Waals surface area contributed by atoms with Crippen LogP contribution in [0.15, 0.2) is 18.2 Å². The van der Waals surface area contributed by atoms with Crippen LogP contribution in [0.25, 0.3) is 0 Å². The number of rotatable bonds is 4. The maximum absolute atomic E-state index is 14.2. The molecule has 1 heterocycles. The fraction of sp³-hybridized carbons (Fsp3) is 0.538. The highest BCUT2D eigenvalue weighted by atomic mass is 19.1. The lowest BCUT2D eigenvalue weighted by Crippen LogP contribution is -2.39. The zero-order valence-electron chi connectivity index (χ0n) is 10.6. The van der Waals surface area contributed by atoms with Crippen molar-refractivity contribution in [1.29, 1.82) is 0 Å². The molecule has 1 aromatic carbocycles. The molecule has 0 bridgehead atoms. The van der Waals surface area contributed by atoms with Gasteiger partial charge >= 0.3 is 0 Å². The van der Waals surface area contributed by atoms with Gasteiger partial charge in [-0.3, -0.25) is 0 Å². The molecule has 100 valence electrons. The van der Waals surface area contributed by atoms with Crippen molar-refractivity contribution in [1.82, 2.24) is 5.32 Å². The number of hydrogen-bond donors (Lipinski definition) is 1. The first-order valence-corrected chi connectivity index (χ1v) is 5.97. The Kier molecular flexibility index (Phi) is 4.52. The Morgan fingerprint density at radius 1 is 1.44 bits per heavy atom. The second-order valence-corrected chi connectivity index (χ2v) is 4.11. The van der Waals surface area contributed by atoms with Gasteiger partial charge in [-0.15, -0.1) is 0 Å². The zero-order chi connectivity index (χ0) is 13.0. The van der Waals surface area contributed by atoms with Gasteiger partial charge < -0.3 is 19.5 Å². The number of ether oxygens (including phenoxy) is 3. The van der Waals surface area contributed by atoms with Crippen LogP contribution in [-0.4, -0.2) is 40.1 Å². The van der Waals surface area contributed by atoms with Gasteiger partial charge in [-0.05, 0) is 13.1 Å². The lowest BCUT2D eigenvalue weighted by Gasteiger charge is -2.30. The van der Waals surface area contributed by atoms with Crippen molar-refractivity contribution >= 4 is 0 Å². The number of likely N-dealkylation sites (N-methyl/N-ethyl adjacent to an activating group) is 1. The van der Waals surface area contributed by atoms with Gasteiger partial charge in [-0.2, -0.15) is 0 Å². The molecule has 2 rings (SSSR count). The molecule has 1 N–H and O–H groups in total. The molecule has 5 heteroatoms. The quantitative estimate of drug-likeness (QED) is 0.885. The fourth-order valence-corrected chi connectivity index (χ4v) is 2.17. The molecule has 1 aliphatic heterocycles. The molecule has 18 heavy (non-hydrogen) atoms. The highest BCUT2D eigenvalue weighted by Crippen LogP contribution is 2.28. The smallest absolute Gasteiger partial charge is 0.169 e. The lowest BCUT2D eigenvalue weighted by molar-refractivity contribution is -0.102. The Balaban J connectivity index is 2.26. The van der Waals surface area contributed by atoms with Crippen LogP contribution in [-0.2, 0) is 9.47 Å². The van der Waals surface area contributed by atoms with Crippen LogP contribution in [0.5, 0.6) is 5.75 Å². The standard InChI is InChI=1S/C13H18FNO3/c1-15-13(11-8-17-6-7-18-11)9-4-3-5-10(16-2)12(9)14/h3-5,11,13,15H,6-8H2,1-2H3. The van der Waals surface area contributed by atoms with E-state index in [1.165, 1.54) is 7.11 Å². The molecular weight excluding hydrogens is 237 g/mol. The molecule has 0 aliphatic carbocycles. The number of nitrogens with one attached hydrogen (secondary N) is 1. The summed E-state index contributed by atoms with van der Waals surface area (Å²) in [6, 6.07) is 4.85. The van der Waals surface area contributed by atoms with E-state index in [-0.39, 0.29) is 23.7 Å². The molecule has 0 radical (unpaired) electrons. The van der Waals surface area contributed by atoms with Crippen molar-refractivity contribution in [2.45, 2.75) is 12.1 Å². The van der Waals surface area contributed by atoms with Crippen LogP contribution in [0.1, 0.15) is 11.6 Å². The lowest BCUT2D eigenvalue weighted by atomic mass is 10.0. The molecule has 0 saturated carbocycles. The zero-order valence-corrected chi connectivity index (χ0v) is 10.6. The van der Waals surface area contributed by atoms with Crippen LogP contribution >= 0.6 is 0 Å². The molecule has 4 nitrogen and oxygen atoms in total. The summed E-state index contributed by atoms with van der Waals surface area (Å²) in [5, 5.41) is 3.08. The topological polar surface area (TPSA) is 39.7 Å². The molecule has 1 saturated heterocycles. The Hall–Kier alpha value is -1.17. The van der Waals surface area contributed by atoms with Crippen molar-refractivity contribution in [3.63, 3.8) is 0 Å². The van der Waals surface area contributed by atoms with Gasteiger partial charge in [0.1, 0.15) is 6.10 Å². The SMILES string of the molecule is CNC(c1cccc(OC)c1F)C1COCCO1. The van der Waals surface area contributed by atoms with Crippen molar-refractivity contribution in [2.24, 2.45) is 0 Å². The van der Waals surface area contributed by atoms with Gasteiger partial charge in [0.15, 0.2) is 11.6 Å². The largest absolute Gasteiger partial charge is 0.494 e. The Bertz CT molecular complexity index is 394. The normalized spacial score (nSPS) is 21.6. The van der Waals surface area contributed by atoms with E-state index in [2.05, 4.69) is 5.32 Å². The number of hydrogen-bond acceptors (Lipinski definition) is 4. The highest BCUT2D eigenvalue weighted by Gasteiger charge is 2.28. The first kappa shape index (κ1) is 13.3. The molecule has 0 amide bonds. The van der Waals surface area contributed by atoms with Gasteiger partial charge in [0, 0.05) is 5.56 Å². The molecule has 1 aromatic rings. The second kappa shape index (κ2) is 6.13. The van der Waals surface area contributed by atoms with E-state index >= 15 is 0 Å². The van der Waals surface area contributed by atoms with Gasteiger partial charge in [-0.25, -0.2) is 4.39 Å². The number of benzene rings is 1. The number of halogens is 1. The van der Waals surface area contributed by atoms with Crippen molar-refractivity contribution in [3.8, 4) is 5.75 Å². The molecular formula is C13H18FNO3. The maximum atomic E-state index is 14.2. The summed E-state index contributed by atoms with van der Waals surface area (Å²) in [6.45, 7) is 1.59. The monoisotopic (exact) mass is 255 g/mol. The van der Waals surface area contributed by atoms with Crippen LogP contribution < -0.4 is 10.1 Å². The van der Waals surface area contributed by atoms with Crippen LogP contribution in [0.2, 0.25) is 0 Å². The number of methoxy groups -OCH3 is 1. The van der Waals surface area contributed by atoms with Gasteiger partial charge in [0.05, 0.1) is 33.0 Å². The minimum absolute atomic E-state index is 0.189. The van der Waals surface area contributed by atoms with Gasteiger partial charge in [0.2, 0.25) is 0 Å². The van der Waals surface area contributed by atoms with E-state index < -0.39 is 0 Å². The predicted molar refractivity (Wildman–Crippen MR) is 65.3 cm³/mol. The molecule has 1 aliphatic rings. The summed E-state index contributed by atoms with van der Waals surface area (Å²) in [7, 11) is 3.23. The van der Waals surface area contributed by atoms with E-state index in [1.54, 1.807) is 25.2 Å². The molecule has 2 unspecified atom stereocenters. The average molecular weight is 255 g/mol. The summed E-state index contributed by atoms with van der Waals surface area (Å²) in [4.78, 5) is 0. The fourth-order valence-electron chi connectivity index (χ4n) is 2.17. The molecule has 0 aromatic heterocycles. The minimum atomic E-state index is -0.353. The van der Waals surface area contributed by atoms with Crippen molar-refractivity contribution in [2.75, 3.05) is 34.0 Å². The predicted octanol–water partition coefficient (Wildman–Crippen LogP) is 1.51. The van der Waals surface area contributed by atoms with Crippen LogP contribution in [0.3, 0.4) is 0 Å².